The number of benzene rings is 1. The smallest absolute Gasteiger partial charge is 0.251 e. The summed E-state index contributed by atoms with van der Waals surface area (Å²) >= 11 is 0. The average Bonchev–Trinajstić information content (AvgIpc) is 2.99. The second-order valence-electron chi connectivity index (χ2n) is 5.32. The molecule has 0 aliphatic heterocycles. The lowest BCUT2D eigenvalue weighted by Gasteiger charge is -2.25. The Balaban J connectivity index is 2.11. The van der Waals surface area contributed by atoms with Gasteiger partial charge in [0.15, 0.2) is 0 Å². The van der Waals surface area contributed by atoms with Crippen molar-refractivity contribution in [1.29, 1.82) is 0 Å². The molecule has 22 heavy (non-hydrogen) atoms. The molecular weight excluding hydrogens is 282 g/mol. The SMILES string of the molecule is CCC(O)(CC)CNC(=O)c1cccc(-c2nnc(C)o2)c1. The van der Waals surface area contributed by atoms with Gasteiger partial charge in [0.25, 0.3) is 5.91 Å². The van der Waals surface area contributed by atoms with Gasteiger partial charge in [-0.05, 0) is 31.0 Å². The van der Waals surface area contributed by atoms with Gasteiger partial charge < -0.3 is 14.8 Å². The molecule has 6 heteroatoms. The third-order valence-corrected chi connectivity index (χ3v) is 3.79. The first kappa shape index (κ1) is 16.2. The Labute approximate surface area is 129 Å². The molecule has 6 nitrogen and oxygen atoms in total. The van der Waals surface area contributed by atoms with Gasteiger partial charge >= 0.3 is 0 Å². The van der Waals surface area contributed by atoms with E-state index in [-0.39, 0.29) is 12.5 Å². The molecule has 0 radical (unpaired) electrons. The van der Waals surface area contributed by atoms with Gasteiger partial charge in [-0.1, -0.05) is 19.9 Å². The van der Waals surface area contributed by atoms with Gasteiger partial charge in [-0.15, -0.1) is 10.2 Å². The highest BCUT2D eigenvalue weighted by atomic mass is 16.4. The maximum absolute atomic E-state index is 12.2. The Kier molecular flexibility index (Phi) is 4.92. The van der Waals surface area contributed by atoms with E-state index in [1.54, 1.807) is 31.2 Å². The zero-order valence-corrected chi connectivity index (χ0v) is 13.1. The van der Waals surface area contributed by atoms with Gasteiger partial charge in [-0.3, -0.25) is 4.79 Å². The largest absolute Gasteiger partial charge is 0.421 e. The van der Waals surface area contributed by atoms with Gasteiger partial charge in [0.1, 0.15) is 0 Å². The Morgan fingerprint density at radius 3 is 2.64 bits per heavy atom. The molecule has 0 aliphatic rings. The van der Waals surface area contributed by atoms with Crippen molar-refractivity contribution in [3.8, 4) is 11.5 Å². The van der Waals surface area contributed by atoms with Gasteiger partial charge in [0, 0.05) is 24.6 Å². The predicted octanol–water partition coefficient (Wildman–Crippen LogP) is 2.33. The minimum Gasteiger partial charge on any atom is -0.421 e. The average molecular weight is 303 g/mol. The first-order chi connectivity index (χ1) is 10.5. The van der Waals surface area contributed by atoms with Crippen LogP contribution in [0.3, 0.4) is 0 Å². The summed E-state index contributed by atoms with van der Waals surface area (Å²) in [5, 5.41) is 20.7. The van der Waals surface area contributed by atoms with Crippen molar-refractivity contribution in [2.24, 2.45) is 0 Å². The number of carbonyl (C=O) groups excluding carboxylic acids is 1. The summed E-state index contributed by atoms with van der Waals surface area (Å²) in [7, 11) is 0. The van der Waals surface area contributed by atoms with Crippen molar-refractivity contribution in [3.63, 3.8) is 0 Å². The minimum atomic E-state index is -0.864. The normalized spacial score (nSPS) is 11.5. The zero-order chi connectivity index (χ0) is 16.2. The van der Waals surface area contributed by atoms with Crippen molar-refractivity contribution in [2.75, 3.05) is 6.54 Å². The van der Waals surface area contributed by atoms with E-state index >= 15 is 0 Å². The van der Waals surface area contributed by atoms with Crippen LogP contribution in [0.15, 0.2) is 28.7 Å². The fourth-order valence-electron chi connectivity index (χ4n) is 2.05. The van der Waals surface area contributed by atoms with Crippen LogP contribution in [0.5, 0.6) is 0 Å². The number of aryl methyl sites for hydroxylation is 1. The molecule has 0 atom stereocenters. The van der Waals surface area contributed by atoms with Crippen molar-refractivity contribution >= 4 is 5.91 Å². The molecular formula is C16H21N3O3. The van der Waals surface area contributed by atoms with Crippen LogP contribution >= 0.6 is 0 Å². The molecule has 0 bridgehead atoms. The number of hydrogen-bond acceptors (Lipinski definition) is 5. The van der Waals surface area contributed by atoms with Gasteiger partial charge in [-0.25, -0.2) is 0 Å². The van der Waals surface area contributed by atoms with Crippen LogP contribution < -0.4 is 5.32 Å². The molecule has 1 aromatic carbocycles. The maximum atomic E-state index is 12.2. The third-order valence-electron chi connectivity index (χ3n) is 3.79. The summed E-state index contributed by atoms with van der Waals surface area (Å²) in [4.78, 5) is 12.2. The van der Waals surface area contributed by atoms with Crippen molar-refractivity contribution < 1.29 is 14.3 Å². The number of aromatic nitrogens is 2. The summed E-state index contributed by atoms with van der Waals surface area (Å²) in [6.45, 7) is 5.73. The summed E-state index contributed by atoms with van der Waals surface area (Å²) < 4.78 is 5.36. The van der Waals surface area contributed by atoms with E-state index in [0.29, 0.717) is 35.7 Å². The van der Waals surface area contributed by atoms with Gasteiger partial charge in [0.2, 0.25) is 11.8 Å². The molecule has 0 unspecified atom stereocenters. The van der Waals surface area contributed by atoms with E-state index in [9.17, 15) is 9.90 Å². The van der Waals surface area contributed by atoms with Crippen LogP contribution in [0.25, 0.3) is 11.5 Å². The second kappa shape index (κ2) is 6.70. The molecule has 0 aliphatic carbocycles. The Bertz CT molecular complexity index is 648. The number of carbonyl (C=O) groups is 1. The summed E-state index contributed by atoms with van der Waals surface area (Å²) in [6.07, 6.45) is 1.18. The highest BCUT2D eigenvalue weighted by Crippen LogP contribution is 2.19. The van der Waals surface area contributed by atoms with Crippen LogP contribution in [0.1, 0.15) is 42.9 Å². The number of aliphatic hydroxyl groups is 1. The predicted molar refractivity (Wildman–Crippen MR) is 82.3 cm³/mol. The van der Waals surface area contributed by atoms with E-state index in [1.807, 2.05) is 13.8 Å². The van der Waals surface area contributed by atoms with Crippen molar-refractivity contribution in [2.45, 2.75) is 39.2 Å². The highest BCUT2D eigenvalue weighted by Gasteiger charge is 2.23. The quantitative estimate of drug-likeness (QED) is 0.855. The van der Waals surface area contributed by atoms with E-state index in [4.69, 9.17) is 4.42 Å². The van der Waals surface area contributed by atoms with E-state index in [1.165, 1.54) is 0 Å². The first-order valence-corrected chi connectivity index (χ1v) is 7.38. The molecule has 0 fully saturated rings. The van der Waals surface area contributed by atoms with Crippen LogP contribution in [0.2, 0.25) is 0 Å². The molecule has 1 heterocycles. The molecule has 0 saturated heterocycles. The fraction of sp³-hybridized carbons (Fsp3) is 0.438. The number of hydrogen-bond donors (Lipinski definition) is 2. The van der Waals surface area contributed by atoms with Crippen LogP contribution in [0, 0.1) is 6.92 Å². The van der Waals surface area contributed by atoms with Crippen molar-refractivity contribution in [1.82, 2.24) is 15.5 Å². The number of amides is 1. The standard InChI is InChI=1S/C16H21N3O3/c1-4-16(21,5-2)10-17-14(20)12-7-6-8-13(9-12)15-19-18-11(3)22-15/h6-9,21H,4-5,10H2,1-3H3,(H,17,20). The lowest BCUT2D eigenvalue weighted by molar-refractivity contribution is 0.0314. The van der Waals surface area contributed by atoms with E-state index in [0.717, 1.165) is 0 Å². The van der Waals surface area contributed by atoms with E-state index < -0.39 is 5.60 Å². The molecule has 2 N–H and O–H groups in total. The maximum Gasteiger partial charge on any atom is 0.251 e. The molecule has 2 rings (SSSR count). The molecule has 0 spiro atoms. The Hall–Kier alpha value is -2.21. The molecule has 1 amide bonds. The fourth-order valence-corrected chi connectivity index (χ4v) is 2.05. The molecule has 1 aromatic heterocycles. The Morgan fingerprint density at radius 1 is 1.32 bits per heavy atom. The number of rotatable bonds is 6. The van der Waals surface area contributed by atoms with Gasteiger partial charge in [-0.2, -0.15) is 0 Å². The third kappa shape index (κ3) is 3.71. The number of nitrogens with one attached hydrogen (secondary N) is 1. The minimum absolute atomic E-state index is 0.225. The summed E-state index contributed by atoms with van der Waals surface area (Å²) in [5.41, 5.74) is 0.314. The molecule has 118 valence electrons. The highest BCUT2D eigenvalue weighted by molar-refractivity contribution is 5.95. The van der Waals surface area contributed by atoms with Gasteiger partial charge in [0.05, 0.1) is 5.60 Å². The van der Waals surface area contributed by atoms with Crippen molar-refractivity contribution in [3.05, 3.63) is 35.7 Å². The first-order valence-electron chi connectivity index (χ1n) is 7.38. The van der Waals surface area contributed by atoms with E-state index in [2.05, 4.69) is 15.5 Å². The Morgan fingerprint density at radius 2 is 2.05 bits per heavy atom. The second-order valence-corrected chi connectivity index (χ2v) is 5.32. The van der Waals surface area contributed by atoms with Crippen LogP contribution in [0.4, 0.5) is 0 Å². The summed E-state index contributed by atoms with van der Waals surface area (Å²) in [6, 6.07) is 6.96. The topological polar surface area (TPSA) is 88.2 Å². The van der Waals surface area contributed by atoms with Crippen LogP contribution in [-0.2, 0) is 0 Å². The lowest BCUT2D eigenvalue weighted by atomic mass is 9.97. The molecule has 2 aromatic rings. The van der Waals surface area contributed by atoms with Crippen LogP contribution in [-0.4, -0.2) is 33.4 Å². The number of nitrogens with zero attached hydrogens (tertiary/aromatic N) is 2. The molecule has 0 saturated carbocycles. The monoisotopic (exact) mass is 303 g/mol. The summed E-state index contributed by atoms with van der Waals surface area (Å²) in [5.74, 6) is 0.616. The lowest BCUT2D eigenvalue weighted by Crippen LogP contribution is -2.42. The zero-order valence-electron chi connectivity index (χ0n) is 13.1.